The van der Waals surface area contributed by atoms with Gasteiger partial charge in [-0.3, -0.25) is 9.59 Å². The monoisotopic (exact) mass is 346 g/mol. The van der Waals surface area contributed by atoms with Gasteiger partial charge in [0.1, 0.15) is 12.4 Å². The minimum atomic E-state index is -0.0472. The normalized spacial score (nSPS) is 15.0. The summed E-state index contributed by atoms with van der Waals surface area (Å²) in [5.41, 5.74) is 0.917. The topological polar surface area (TPSA) is 59.1 Å². The third-order valence-electron chi connectivity index (χ3n) is 3.86. The fourth-order valence-corrected chi connectivity index (χ4v) is 2.63. The molecule has 0 N–H and O–H groups in total. The minimum Gasteiger partial charge on any atom is -0.491 e. The molecule has 1 fully saturated rings. The van der Waals surface area contributed by atoms with Crippen LogP contribution in [0.15, 0.2) is 30.3 Å². The molecule has 0 atom stereocenters. The zero-order valence-corrected chi connectivity index (χ0v) is 15.1. The maximum Gasteiger partial charge on any atom is 0.248 e. The summed E-state index contributed by atoms with van der Waals surface area (Å²) in [6, 6.07) is 7.64. The molecule has 0 spiro atoms. The standard InChI is InChI=1S/C19H26N2O4/c1-15(2)25-17-6-4-5-16(13-17)7-8-18(22)20-9-11-21(12-10-20)19(23)14-24-3/h4-8,13,15H,9-12,14H2,1-3H3/b8-7-. The number of carbonyl (C=O) groups is 2. The van der Waals surface area contributed by atoms with E-state index in [4.69, 9.17) is 9.47 Å². The van der Waals surface area contributed by atoms with Crippen molar-refractivity contribution >= 4 is 17.9 Å². The lowest BCUT2D eigenvalue weighted by molar-refractivity contribution is -0.140. The van der Waals surface area contributed by atoms with E-state index in [9.17, 15) is 9.59 Å². The molecule has 0 unspecified atom stereocenters. The number of carbonyl (C=O) groups excluding carboxylic acids is 2. The Morgan fingerprint density at radius 1 is 1.16 bits per heavy atom. The molecule has 0 radical (unpaired) electrons. The molecular weight excluding hydrogens is 320 g/mol. The Hall–Kier alpha value is -2.34. The molecule has 0 saturated carbocycles. The average molecular weight is 346 g/mol. The molecule has 1 aliphatic heterocycles. The van der Waals surface area contributed by atoms with E-state index in [1.54, 1.807) is 22.0 Å². The summed E-state index contributed by atoms with van der Waals surface area (Å²) in [5, 5.41) is 0. The van der Waals surface area contributed by atoms with E-state index in [2.05, 4.69) is 0 Å². The van der Waals surface area contributed by atoms with Crippen molar-refractivity contribution < 1.29 is 19.1 Å². The van der Waals surface area contributed by atoms with Gasteiger partial charge in [-0.2, -0.15) is 0 Å². The molecule has 6 nitrogen and oxygen atoms in total. The number of ether oxygens (including phenoxy) is 2. The van der Waals surface area contributed by atoms with E-state index in [1.165, 1.54) is 7.11 Å². The van der Waals surface area contributed by atoms with E-state index >= 15 is 0 Å². The molecule has 1 saturated heterocycles. The number of nitrogens with zero attached hydrogens (tertiary/aromatic N) is 2. The molecule has 0 bridgehead atoms. The molecule has 2 amide bonds. The lowest BCUT2D eigenvalue weighted by atomic mass is 10.2. The van der Waals surface area contributed by atoms with Gasteiger partial charge in [-0.05, 0) is 37.6 Å². The summed E-state index contributed by atoms with van der Waals surface area (Å²) < 4.78 is 10.5. The van der Waals surface area contributed by atoms with E-state index in [0.29, 0.717) is 26.2 Å². The van der Waals surface area contributed by atoms with Crippen LogP contribution in [0.2, 0.25) is 0 Å². The summed E-state index contributed by atoms with van der Waals surface area (Å²) in [6.45, 7) is 6.19. The Kier molecular flexibility index (Phi) is 7.01. The Morgan fingerprint density at radius 3 is 2.48 bits per heavy atom. The van der Waals surface area contributed by atoms with Gasteiger partial charge in [0.15, 0.2) is 0 Å². The Balaban J connectivity index is 1.88. The second-order valence-electron chi connectivity index (χ2n) is 6.21. The third-order valence-corrected chi connectivity index (χ3v) is 3.86. The summed E-state index contributed by atoms with van der Waals surface area (Å²) in [6.07, 6.45) is 3.47. The van der Waals surface area contributed by atoms with Crippen molar-refractivity contribution in [3.05, 3.63) is 35.9 Å². The van der Waals surface area contributed by atoms with Gasteiger partial charge in [0, 0.05) is 39.4 Å². The summed E-state index contributed by atoms with van der Waals surface area (Å²) in [4.78, 5) is 27.6. The second kappa shape index (κ2) is 9.22. The van der Waals surface area contributed by atoms with Crippen LogP contribution in [-0.2, 0) is 14.3 Å². The van der Waals surface area contributed by atoms with E-state index in [-0.39, 0.29) is 24.5 Å². The van der Waals surface area contributed by atoms with Gasteiger partial charge in [-0.1, -0.05) is 12.1 Å². The van der Waals surface area contributed by atoms with Crippen LogP contribution in [0.4, 0.5) is 0 Å². The second-order valence-corrected chi connectivity index (χ2v) is 6.21. The zero-order valence-electron chi connectivity index (χ0n) is 15.1. The van der Waals surface area contributed by atoms with Gasteiger partial charge >= 0.3 is 0 Å². The largest absolute Gasteiger partial charge is 0.491 e. The average Bonchev–Trinajstić information content (AvgIpc) is 2.60. The van der Waals surface area contributed by atoms with Gasteiger partial charge in [0.05, 0.1) is 6.10 Å². The van der Waals surface area contributed by atoms with Crippen molar-refractivity contribution in [1.82, 2.24) is 9.80 Å². The van der Waals surface area contributed by atoms with Crippen molar-refractivity contribution in [3.8, 4) is 5.75 Å². The van der Waals surface area contributed by atoms with Crippen LogP contribution >= 0.6 is 0 Å². The van der Waals surface area contributed by atoms with Crippen molar-refractivity contribution in [2.24, 2.45) is 0 Å². The molecule has 136 valence electrons. The van der Waals surface area contributed by atoms with Gasteiger partial charge in [0.25, 0.3) is 0 Å². The molecule has 0 aromatic heterocycles. The third kappa shape index (κ3) is 5.90. The van der Waals surface area contributed by atoms with Crippen LogP contribution in [0.5, 0.6) is 5.75 Å². The highest BCUT2D eigenvalue weighted by atomic mass is 16.5. The lowest BCUT2D eigenvalue weighted by Crippen LogP contribution is -2.51. The lowest BCUT2D eigenvalue weighted by Gasteiger charge is -2.34. The maximum absolute atomic E-state index is 12.3. The number of piperazine rings is 1. The van der Waals surface area contributed by atoms with Crippen molar-refractivity contribution in [2.45, 2.75) is 20.0 Å². The molecule has 1 aromatic rings. The first kappa shape index (κ1) is 19.0. The minimum absolute atomic E-state index is 0.0351. The summed E-state index contributed by atoms with van der Waals surface area (Å²) >= 11 is 0. The van der Waals surface area contributed by atoms with Gasteiger partial charge in [0.2, 0.25) is 11.8 Å². The Labute approximate surface area is 149 Å². The van der Waals surface area contributed by atoms with Crippen molar-refractivity contribution in [2.75, 3.05) is 39.9 Å². The van der Waals surface area contributed by atoms with Crippen molar-refractivity contribution in [1.29, 1.82) is 0 Å². The molecule has 1 aliphatic rings. The molecule has 2 rings (SSSR count). The maximum atomic E-state index is 12.3. The van der Waals surface area contributed by atoms with E-state index < -0.39 is 0 Å². The van der Waals surface area contributed by atoms with Crippen LogP contribution in [0.1, 0.15) is 19.4 Å². The fourth-order valence-electron chi connectivity index (χ4n) is 2.63. The smallest absolute Gasteiger partial charge is 0.248 e. The van der Waals surface area contributed by atoms with Crippen LogP contribution in [0, 0.1) is 0 Å². The first-order valence-electron chi connectivity index (χ1n) is 8.50. The fraction of sp³-hybridized carbons (Fsp3) is 0.474. The number of hydrogen-bond donors (Lipinski definition) is 0. The molecule has 0 aliphatic carbocycles. The van der Waals surface area contributed by atoms with Gasteiger partial charge in [-0.15, -0.1) is 0 Å². The van der Waals surface area contributed by atoms with Crippen LogP contribution in [-0.4, -0.2) is 67.6 Å². The quantitative estimate of drug-likeness (QED) is 0.737. The number of rotatable bonds is 6. The van der Waals surface area contributed by atoms with Crippen molar-refractivity contribution in [3.63, 3.8) is 0 Å². The molecule has 1 aromatic carbocycles. The van der Waals surface area contributed by atoms with Crippen LogP contribution < -0.4 is 4.74 Å². The first-order valence-corrected chi connectivity index (χ1v) is 8.50. The highest BCUT2D eigenvalue weighted by Gasteiger charge is 2.22. The summed E-state index contributed by atoms with van der Waals surface area (Å²) in [7, 11) is 1.50. The van der Waals surface area contributed by atoms with Gasteiger partial charge in [-0.25, -0.2) is 0 Å². The molecule has 1 heterocycles. The first-order chi connectivity index (χ1) is 12.0. The Bertz CT molecular complexity index is 620. The molecule has 6 heteroatoms. The summed E-state index contributed by atoms with van der Waals surface area (Å²) in [5.74, 6) is 0.705. The predicted octanol–water partition coefficient (Wildman–Crippen LogP) is 1.80. The number of hydrogen-bond acceptors (Lipinski definition) is 4. The van der Waals surface area contributed by atoms with E-state index in [1.807, 2.05) is 38.1 Å². The van der Waals surface area contributed by atoms with Gasteiger partial charge < -0.3 is 19.3 Å². The molecule has 25 heavy (non-hydrogen) atoms. The van der Waals surface area contributed by atoms with Crippen LogP contribution in [0.3, 0.4) is 0 Å². The molecular formula is C19H26N2O4. The highest BCUT2D eigenvalue weighted by molar-refractivity contribution is 5.92. The Morgan fingerprint density at radius 2 is 1.84 bits per heavy atom. The SMILES string of the molecule is COCC(=O)N1CCN(C(=O)/C=C\c2cccc(OC(C)C)c2)CC1. The zero-order chi connectivity index (χ0) is 18.2. The number of methoxy groups -OCH3 is 1. The number of benzene rings is 1. The predicted molar refractivity (Wildman–Crippen MR) is 96.3 cm³/mol. The number of amides is 2. The highest BCUT2D eigenvalue weighted by Crippen LogP contribution is 2.16. The van der Waals surface area contributed by atoms with E-state index in [0.717, 1.165) is 11.3 Å². The van der Waals surface area contributed by atoms with Crippen LogP contribution in [0.25, 0.3) is 6.08 Å².